The number of hydrogen-bond acceptors (Lipinski definition) is 5. The summed E-state index contributed by atoms with van der Waals surface area (Å²) in [6.07, 6.45) is 2.99. The summed E-state index contributed by atoms with van der Waals surface area (Å²) in [6.45, 7) is 2.31. The maximum absolute atomic E-state index is 12.2. The van der Waals surface area contributed by atoms with E-state index >= 15 is 0 Å². The van der Waals surface area contributed by atoms with E-state index in [1.54, 1.807) is 0 Å². The number of amides is 3. The predicted molar refractivity (Wildman–Crippen MR) is 72.3 cm³/mol. The molecule has 2 atom stereocenters. The molecule has 0 aliphatic carbocycles. The molecule has 0 saturated carbocycles. The number of rotatable bonds is 3. The van der Waals surface area contributed by atoms with Crippen LogP contribution >= 0.6 is 0 Å². The Morgan fingerprint density at radius 2 is 2.00 bits per heavy atom. The summed E-state index contributed by atoms with van der Waals surface area (Å²) >= 11 is 0. The molecule has 0 aromatic heterocycles. The maximum atomic E-state index is 12.2. The van der Waals surface area contributed by atoms with E-state index < -0.39 is 12.1 Å². The van der Waals surface area contributed by atoms with Crippen molar-refractivity contribution in [3.05, 3.63) is 0 Å². The molecule has 3 rings (SSSR count). The second kappa shape index (κ2) is 5.78. The van der Waals surface area contributed by atoms with Crippen LogP contribution in [-0.2, 0) is 9.63 Å². The molecule has 21 heavy (non-hydrogen) atoms. The Morgan fingerprint density at radius 1 is 1.29 bits per heavy atom. The molecule has 3 aliphatic rings. The van der Waals surface area contributed by atoms with Crippen LogP contribution < -0.4 is 5.48 Å². The molecular formula is C13H22N4O4. The van der Waals surface area contributed by atoms with Gasteiger partial charge in [-0.2, -0.15) is 0 Å². The molecule has 3 amide bonds. The molecule has 3 heterocycles. The first-order chi connectivity index (χ1) is 10.1. The van der Waals surface area contributed by atoms with Crippen LogP contribution in [0.15, 0.2) is 0 Å². The highest BCUT2D eigenvalue weighted by molar-refractivity contribution is 5.87. The molecule has 118 valence electrons. The van der Waals surface area contributed by atoms with Gasteiger partial charge in [0.25, 0.3) is 5.91 Å². The van der Waals surface area contributed by atoms with Crippen LogP contribution in [0, 0.1) is 0 Å². The molecule has 0 aromatic carbocycles. The predicted octanol–water partition coefficient (Wildman–Crippen LogP) is -0.214. The smallest absolute Gasteiger partial charge is 0.309 e. The van der Waals surface area contributed by atoms with E-state index in [4.69, 9.17) is 4.84 Å². The zero-order chi connectivity index (χ0) is 15.0. The van der Waals surface area contributed by atoms with E-state index in [0.717, 1.165) is 31.0 Å². The number of nitrogens with one attached hydrogen (secondary N) is 1. The van der Waals surface area contributed by atoms with Crippen molar-refractivity contribution in [1.82, 2.24) is 20.3 Å². The van der Waals surface area contributed by atoms with Crippen molar-refractivity contribution in [2.24, 2.45) is 0 Å². The van der Waals surface area contributed by atoms with Crippen molar-refractivity contribution in [1.29, 1.82) is 0 Å². The molecule has 1 unspecified atom stereocenters. The van der Waals surface area contributed by atoms with Gasteiger partial charge in [0, 0.05) is 19.6 Å². The van der Waals surface area contributed by atoms with E-state index in [1.807, 2.05) is 0 Å². The summed E-state index contributed by atoms with van der Waals surface area (Å²) in [5, 5.41) is 10.3. The summed E-state index contributed by atoms with van der Waals surface area (Å²) in [6, 6.07) is -1.22. The minimum absolute atomic E-state index is 0.0325. The van der Waals surface area contributed by atoms with Crippen LogP contribution in [0.4, 0.5) is 4.79 Å². The van der Waals surface area contributed by atoms with Gasteiger partial charge in [0.1, 0.15) is 6.04 Å². The lowest BCUT2D eigenvalue weighted by atomic mass is 10.0. The normalized spacial score (nSPS) is 30.9. The van der Waals surface area contributed by atoms with E-state index in [0.29, 0.717) is 19.4 Å². The molecule has 3 aliphatic heterocycles. The lowest BCUT2D eigenvalue weighted by Gasteiger charge is -2.31. The first kappa shape index (κ1) is 14.6. The van der Waals surface area contributed by atoms with Crippen LogP contribution in [0.2, 0.25) is 0 Å². The number of hydrogen-bond donors (Lipinski definition) is 2. The van der Waals surface area contributed by atoms with E-state index in [-0.39, 0.29) is 18.1 Å². The number of likely N-dealkylation sites (tertiary alicyclic amines) is 1. The summed E-state index contributed by atoms with van der Waals surface area (Å²) in [7, 11) is 2.06. The Labute approximate surface area is 123 Å². The van der Waals surface area contributed by atoms with Gasteiger partial charge in [-0.15, -0.1) is 0 Å². The number of hydroxylamine groups is 3. The maximum Gasteiger partial charge on any atom is 0.344 e. The van der Waals surface area contributed by atoms with Crippen LogP contribution in [-0.4, -0.2) is 76.9 Å². The fourth-order valence-electron chi connectivity index (χ4n) is 3.24. The number of carbonyl (C=O) groups is 2. The largest absolute Gasteiger partial charge is 0.344 e. The fraction of sp³-hybridized carbons (Fsp3) is 0.846. The third-order valence-electron chi connectivity index (χ3n) is 4.64. The van der Waals surface area contributed by atoms with Crippen molar-refractivity contribution >= 4 is 11.9 Å². The number of piperidine rings is 2. The molecular weight excluding hydrogens is 276 g/mol. The minimum Gasteiger partial charge on any atom is -0.309 e. The summed E-state index contributed by atoms with van der Waals surface area (Å²) in [5.74, 6) is -0.295. The van der Waals surface area contributed by atoms with Gasteiger partial charge in [-0.1, -0.05) is 0 Å². The van der Waals surface area contributed by atoms with Crippen molar-refractivity contribution < 1.29 is 19.6 Å². The fourth-order valence-corrected chi connectivity index (χ4v) is 3.24. The third-order valence-corrected chi connectivity index (χ3v) is 4.64. The second-order valence-electron chi connectivity index (χ2n) is 6.11. The first-order valence-corrected chi connectivity index (χ1v) is 7.49. The highest BCUT2D eigenvalue weighted by Gasteiger charge is 2.46. The van der Waals surface area contributed by atoms with Crippen molar-refractivity contribution in [3.63, 3.8) is 0 Å². The van der Waals surface area contributed by atoms with E-state index in [1.165, 1.54) is 4.90 Å². The average molecular weight is 298 g/mol. The number of fused-ring (bicyclic) bond motifs is 2. The van der Waals surface area contributed by atoms with Crippen molar-refractivity contribution in [3.8, 4) is 0 Å². The quantitative estimate of drug-likeness (QED) is 0.556. The number of urea groups is 1. The summed E-state index contributed by atoms with van der Waals surface area (Å²) < 4.78 is 0. The van der Waals surface area contributed by atoms with Gasteiger partial charge in [0.15, 0.2) is 0 Å². The van der Waals surface area contributed by atoms with Crippen LogP contribution in [0.25, 0.3) is 0 Å². The summed E-state index contributed by atoms with van der Waals surface area (Å²) in [5.41, 5.74) is 2.50. The van der Waals surface area contributed by atoms with E-state index in [9.17, 15) is 14.8 Å². The topological polar surface area (TPSA) is 85.4 Å². The Bertz CT molecular complexity index is 424. The standard InChI is InChI=1S/C13H22N4O4/c1-15-6-4-10(5-7-15)21-14-12(18)11-3-2-9-8-16(11)13(19)17(9)20/h9-11,20H,2-8H2,1H3,(H,14,18)/t9?,11-/m0/s1. The molecule has 3 saturated heterocycles. The molecule has 0 radical (unpaired) electrons. The molecule has 8 heteroatoms. The SMILES string of the molecule is CN1CCC(ONC(=O)[C@@H]2CCC3CN2C(=O)N3O)CC1. The molecule has 2 N–H and O–H groups in total. The minimum atomic E-state index is -0.544. The molecule has 3 fully saturated rings. The van der Waals surface area contributed by atoms with E-state index in [2.05, 4.69) is 17.4 Å². The number of carbonyl (C=O) groups excluding carboxylic acids is 2. The van der Waals surface area contributed by atoms with Crippen molar-refractivity contribution in [2.75, 3.05) is 26.7 Å². The monoisotopic (exact) mass is 298 g/mol. The zero-order valence-electron chi connectivity index (χ0n) is 12.2. The highest BCUT2D eigenvalue weighted by Crippen LogP contribution is 2.28. The van der Waals surface area contributed by atoms with Gasteiger partial charge in [0.2, 0.25) is 0 Å². The lowest BCUT2D eigenvalue weighted by Crippen LogP contribution is -2.50. The zero-order valence-corrected chi connectivity index (χ0v) is 12.2. The molecule has 2 bridgehead atoms. The van der Waals surface area contributed by atoms with Crippen molar-refractivity contribution in [2.45, 2.75) is 43.9 Å². The van der Waals surface area contributed by atoms with Gasteiger partial charge >= 0.3 is 6.03 Å². The van der Waals surface area contributed by atoms with Crippen LogP contribution in [0.3, 0.4) is 0 Å². The Balaban J connectivity index is 1.50. The van der Waals surface area contributed by atoms with Gasteiger partial charge in [-0.25, -0.2) is 15.3 Å². The van der Waals surface area contributed by atoms with Gasteiger partial charge in [0.05, 0.1) is 12.1 Å². The Hall–Kier alpha value is -1.38. The molecule has 8 nitrogen and oxygen atoms in total. The average Bonchev–Trinajstić information content (AvgIpc) is 2.71. The number of nitrogens with zero attached hydrogens (tertiary/aromatic N) is 3. The Morgan fingerprint density at radius 3 is 2.71 bits per heavy atom. The lowest BCUT2D eigenvalue weighted by molar-refractivity contribution is -0.146. The van der Waals surface area contributed by atoms with Gasteiger partial charge in [-0.05, 0) is 32.7 Å². The first-order valence-electron chi connectivity index (χ1n) is 7.49. The van der Waals surface area contributed by atoms with Crippen LogP contribution in [0.1, 0.15) is 25.7 Å². The third kappa shape index (κ3) is 2.83. The molecule has 0 aromatic rings. The van der Waals surface area contributed by atoms with Gasteiger partial charge in [-0.3, -0.25) is 14.8 Å². The second-order valence-corrected chi connectivity index (χ2v) is 6.11. The van der Waals surface area contributed by atoms with Crippen LogP contribution in [0.5, 0.6) is 0 Å². The molecule has 0 spiro atoms. The van der Waals surface area contributed by atoms with Gasteiger partial charge < -0.3 is 9.80 Å². The Kier molecular flexibility index (Phi) is 4.01. The summed E-state index contributed by atoms with van der Waals surface area (Å²) in [4.78, 5) is 33.1. The highest BCUT2D eigenvalue weighted by atomic mass is 16.7.